The number of nitrogens with zero attached hydrogens (tertiary/aromatic N) is 2. The first-order chi connectivity index (χ1) is 7.88. The van der Waals surface area contributed by atoms with Gasteiger partial charge in [0.25, 0.3) is 10.0 Å². The number of aromatic nitrogens is 2. The Morgan fingerprint density at radius 3 is 2.76 bits per heavy atom. The Morgan fingerprint density at radius 2 is 2.29 bits per heavy atom. The summed E-state index contributed by atoms with van der Waals surface area (Å²) in [4.78, 5) is 0.120. The van der Waals surface area contributed by atoms with Crippen LogP contribution in [-0.4, -0.2) is 29.6 Å². The van der Waals surface area contributed by atoms with E-state index in [4.69, 9.17) is 11.6 Å². The van der Waals surface area contributed by atoms with Crippen molar-refractivity contribution in [3.63, 3.8) is 0 Å². The number of halogens is 2. The van der Waals surface area contributed by atoms with Crippen LogP contribution in [0.15, 0.2) is 11.2 Å². The smallest absolute Gasteiger partial charge is 0.255 e. The van der Waals surface area contributed by atoms with Crippen LogP contribution < -0.4 is 4.72 Å². The molecule has 1 unspecified atom stereocenters. The molecule has 0 aliphatic heterocycles. The van der Waals surface area contributed by atoms with Crippen molar-refractivity contribution in [2.75, 3.05) is 6.54 Å². The molecule has 0 aromatic carbocycles. The van der Waals surface area contributed by atoms with Crippen LogP contribution in [-0.2, 0) is 17.1 Å². The summed E-state index contributed by atoms with van der Waals surface area (Å²) in [6, 6.07) is 0. The lowest BCUT2D eigenvalue weighted by Gasteiger charge is -2.11. The third kappa shape index (κ3) is 3.94. The van der Waals surface area contributed by atoms with Gasteiger partial charge in [0.1, 0.15) is 0 Å². The minimum Gasteiger partial charge on any atom is -0.255 e. The molecular weight excluding hydrogens is 330 g/mol. The van der Waals surface area contributed by atoms with Crippen LogP contribution in [0.3, 0.4) is 0 Å². The molecule has 1 aromatic rings. The Labute approximate surface area is 115 Å². The number of hydrogen-bond donors (Lipinski definition) is 1. The van der Waals surface area contributed by atoms with Crippen LogP contribution in [0.1, 0.15) is 19.8 Å². The zero-order valence-corrected chi connectivity index (χ0v) is 12.8. The van der Waals surface area contributed by atoms with Crippen molar-refractivity contribution in [1.82, 2.24) is 14.5 Å². The summed E-state index contributed by atoms with van der Waals surface area (Å²) < 4.78 is 27.7. The quantitative estimate of drug-likeness (QED) is 0.802. The molecule has 0 saturated heterocycles. The average Bonchev–Trinajstić information content (AvgIpc) is 2.57. The highest BCUT2D eigenvalue weighted by Crippen LogP contribution is 2.19. The molecule has 17 heavy (non-hydrogen) atoms. The fourth-order valence-electron chi connectivity index (χ4n) is 1.39. The predicted molar refractivity (Wildman–Crippen MR) is 71.0 cm³/mol. The zero-order chi connectivity index (χ0) is 13.1. The van der Waals surface area contributed by atoms with E-state index < -0.39 is 10.0 Å². The van der Waals surface area contributed by atoms with E-state index in [1.54, 1.807) is 0 Å². The molecule has 8 heteroatoms. The fourth-order valence-corrected chi connectivity index (χ4v) is 3.95. The molecule has 1 N–H and O–H groups in total. The normalized spacial score (nSPS) is 13.9. The first-order valence-corrected chi connectivity index (χ1v) is 7.97. The second kappa shape index (κ2) is 6.17. The van der Waals surface area contributed by atoms with Gasteiger partial charge in [0.2, 0.25) is 0 Å². The Hall–Kier alpha value is -0.110. The minimum absolute atomic E-state index is 0.00429. The van der Waals surface area contributed by atoms with Gasteiger partial charge in [-0.1, -0.05) is 40.9 Å². The standard InChI is InChI=1S/C9H15BrClN3O2S/c1-3-4-7(10)5-13-17(15,16)9-8(11)6-12-14(9)2/h6-7,13H,3-5H2,1-2H3. The zero-order valence-electron chi connectivity index (χ0n) is 9.65. The summed E-state index contributed by atoms with van der Waals surface area (Å²) in [7, 11) is -2.06. The Kier molecular flexibility index (Phi) is 5.43. The van der Waals surface area contributed by atoms with Gasteiger partial charge in [-0.3, -0.25) is 4.68 Å². The minimum atomic E-state index is -3.60. The molecular formula is C9H15BrClN3O2S. The molecule has 1 atom stereocenters. The second-order valence-corrected chi connectivity index (χ2v) is 7.04. The van der Waals surface area contributed by atoms with Gasteiger partial charge in [-0.25, -0.2) is 13.1 Å². The highest BCUT2D eigenvalue weighted by molar-refractivity contribution is 9.09. The van der Waals surface area contributed by atoms with Crippen LogP contribution in [0.2, 0.25) is 5.02 Å². The maximum Gasteiger partial charge on any atom is 0.259 e. The van der Waals surface area contributed by atoms with Crippen molar-refractivity contribution >= 4 is 37.6 Å². The van der Waals surface area contributed by atoms with Gasteiger partial charge in [-0.05, 0) is 6.42 Å². The molecule has 0 aliphatic carbocycles. The second-order valence-electron chi connectivity index (χ2n) is 3.66. The molecule has 1 rings (SSSR count). The number of aryl methyl sites for hydroxylation is 1. The summed E-state index contributed by atoms with van der Waals surface area (Å²) in [5.74, 6) is 0. The first-order valence-electron chi connectivity index (χ1n) is 5.19. The fraction of sp³-hybridized carbons (Fsp3) is 0.667. The maximum absolute atomic E-state index is 12.0. The van der Waals surface area contributed by atoms with Crippen molar-refractivity contribution in [1.29, 1.82) is 0 Å². The van der Waals surface area contributed by atoms with E-state index in [0.717, 1.165) is 12.8 Å². The maximum atomic E-state index is 12.0. The first kappa shape index (κ1) is 14.9. The van der Waals surface area contributed by atoms with E-state index in [1.807, 2.05) is 6.92 Å². The van der Waals surface area contributed by atoms with Gasteiger partial charge >= 0.3 is 0 Å². The molecule has 1 heterocycles. The number of nitrogens with one attached hydrogen (secondary N) is 1. The van der Waals surface area contributed by atoms with Crippen molar-refractivity contribution in [3.8, 4) is 0 Å². The van der Waals surface area contributed by atoms with E-state index in [-0.39, 0.29) is 14.9 Å². The number of rotatable bonds is 6. The Balaban J connectivity index is 2.76. The van der Waals surface area contributed by atoms with E-state index in [0.29, 0.717) is 6.54 Å². The van der Waals surface area contributed by atoms with Gasteiger partial charge in [-0.2, -0.15) is 5.10 Å². The van der Waals surface area contributed by atoms with E-state index in [1.165, 1.54) is 17.9 Å². The Morgan fingerprint density at radius 1 is 1.65 bits per heavy atom. The molecule has 1 aromatic heterocycles. The molecule has 0 bridgehead atoms. The molecule has 0 saturated carbocycles. The average molecular weight is 345 g/mol. The third-order valence-electron chi connectivity index (χ3n) is 2.19. The lowest BCUT2D eigenvalue weighted by Crippen LogP contribution is -2.31. The van der Waals surface area contributed by atoms with E-state index in [2.05, 4.69) is 25.8 Å². The van der Waals surface area contributed by atoms with Gasteiger partial charge in [0.15, 0.2) is 5.03 Å². The lowest BCUT2D eigenvalue weighted by atomic mass is 10.2. The van der Waals surface area contributed by atoms with Crippen molar-refractivity contribution in [2.24, 2.45) is 7.05 Å². The summed E-state index contributed by atoms with van der Waals surface area (Å²) in [6.07, 6.45) is 3.21. The molecule has 0 spiro atoms. The van der Waals surface area contributed by atoms with Gasteiger partial charge in [-0.15, -0.1) is 0 Å². The summed E-state index contributed by atoms with van der Waals surface area (Å²) in [5.41, 5.74) is 0. The molecule has 0 radical (unpaired) electrons. The molecule has 5 nitrogen and oxygen atoms in total. The van der Waals surface area contributed by atoms with Crippen LogP contribution in [0.4, 0.5) is 0 Å². The third-order valence-corrected chi connectivity index (χ3v) is 4.90. The predicted octanol–water partition coefficient (Wildman–Crippen LogP) is 1.92. The molecule has 0 amide bonds. The van der Waals surface area contributed by atoms with Gasteiger partial charge < -0.3 is 0 Å². The largest absolute Gasteiger partial charge is 0.259 e. The highest BCUT2D eigenvalue weighted by atomic mass is 79.9. The van der Waals surface area contributed by atoms with Crippen molar-refractivity contribution in [3.05, 3.63) is 11.2 Å². The topological polar surface area (TPSA) is 64.0 Å². The van der Waals surface area contributed by atoms with Crippen LogP contribution in [0, 0.1) is 0 Å². The van der Waals surface area contributed by atoms with Crippen LogP contribution in [0.5, 0.6) is 0 Å². The molecule has 98 valence electrons. The van der Waals surface area contributed by atoms with Gasteiger partial charge in [0.05, 0.1) is 11.2 Å². The summed E-state index contributed by atoms with van der Waals surface area (Å²) >= 11 is 9.20. The van der Waals surface area contributed by atoms with E-state index >= 15 is 0 Å². The van der Waals surface area contributed by atoms with Crippen LogP contribution in [0.25, 0.3) is 0 Å². The van der Waals surface area contributed by atoms with Crippen molar-refractivity contribution in [2.45, 2.75) is 29.6 Å². The summed E-state index contributed by atoms with van der Waals surface area (Å²) in [6.45, 7) is 2.37. The van der Waals surface area contributed by atoms with Gasteiger partial charge in [0, 0.05) is 18.4 Å². The summed E-state index contributed by atoms with van der Waals surface area (Å²) in [5, 5.41) is 3.92. The van der Waals surface area contributed by atoms with E-state index in [9.17, 15) is 8.42 Å². The monoisotopic (exact) mass is 343 g/mol. The molecule has 0 aliphatic rings. The number of alkyl halides is 1. The van der Waals surface area contributed by atoms with Crippen LogP contribution >= 0.6 is 27.5 Å². The molecule has 0 fully saturated rings. The number of hydrogen-bond acceptors (Lipinski definition) is 3. The lowest BCUT2D eigenvalue weighted by molar-refractivity contribution is 0.560. The Bertz CT molecular complexity index is 455. The van der Waals surface area contributed by atoms with Crippen molar-refractivity contribution < 1.29 is 8.42 Å². The highest BCUT2D eigenvalue weighted by Gasteiger charge is 2.23. The number of sulfonamides is 1. The SMILES string of the molecule is CCCC(Br)CNS(=O)(=O)c1c(Cl)cnn1C.